The maximum Gasteiger partial charge on any atom is 0.248 e. The Balaban J connectivity index is 1.73. The van der Waals surface area contributed by atoms with Crippen LogP contribution in [-0.2, 0) is 40.0 Å². The maximum atomic E-state index is 14.0. The van der Waals surface area contributed by atoms with Crippen molar-refractivity contribution in [2.24, 2.45) is 17.8 Å². The summed E-state index contributed by atoms with van der Waals surface area (Å²) in [6, 6.07) is -0.601. The number of hydrogen-bond donors (Lipinski definition) is 8. The Hall–Kier alpha value is -4.99. The summed E-state index contributed by atoms with van der Waals surface area (Å²) in [5.74, 6) is -5.18. The Kier molecular flexibility index (Phi) is 14.8. The van der Waals surface area contributed by atoms with Crippen LogP contribution in [0.1, 0.15) is 79.7 Å². The first-order chi connectivity index (χ1) is 26.0. The zero-order valence-corrected chi connectivity index (χ0v) is 32.9. The molecule has 1 aromatic heterocycles. The monoisotopic (exact) mass is 766 g/mol. The Morgan fingerprint density at radius 3 is 1.87 bits per heavy atom. The Morgan fingerprint density at radius 1 is 0.691 bits per heavy atom. The summed E-state index contributed by atoms with van der Waals surface area (Å²) < 4.78 is 0. The molecule has 2 aliphatic heterocycles. The number of aromatic amines is 1. The van der Waals surface area contributed by atoms with Gasteiger partial charge in [-0.3, -0.25) is 33.6 Å². The molecule has 55 heavy (non-hydrogen) atoms. The smallest absolute Gasteiger partial charge is 0.248 e. The zero-order valence-electron chi connectivity index (χ0n) is 32.9. The second kappa shape index (κ2) is 19.0. The lowest BCUT2D eigenvalue weighted by molar-refractivity contribution is -0.143. The van der Waals surface area contributed by atoms with Crippen LogP contribution in [0.5, 0.6) is 0 Å². The molecular formula is C39H58N8O8. The number of nitrogens with one attached hydrogen (secondary N) is 7. The molecule has 2 aliphatic rings. The predicted octanol–water partition coefficient (Wildman–Crippen LogP) is 0.384. The largest absolute Gasteiger partial charge is 0.394 e. The lowest BCUT2D eigenvalue weighted by Crippen LogP contribution is -2.61. The van der Waals surface area contributed by atoms with E-state index in [1.54, 1.807) is 20.0 Å². The van der Waals surface area contributed by atoms with Crippen LogP contribution in [0.3, 0.4) is 0 Å². The Bertz CT molecular complexity index is 1720. The Labute approximate surface area is 322 Å². The molecule has 0 spiro atoms. The van der Waals surface area contributed by atoms with E-state index < -0.39 is 96.2 Å². The number of para-hydroxylation sites is 1. The molecule has 8 N–H and O–H groups in total. The molecule has 302 valence electrons. The van der Waals surface area contributed by atoms with Crippen LogP contribution < -0.4 is 31.9 Å². The van der Waals surface area contributed by atoms with Crippen molar-refractivity contribution in [1.82, 2.24) is 41.8 Å². The number of aliphatic hydroxyl groups is 1. The van der Waals surface area contributed by atoms with Gasteiger partial charge in [-0.2, -0.15) is 0 Å². The predicted molar refractivity (Wildman–Crippen MR) is 205 cm³/mol. The van der Waals surface area contributed by atoms with Crippen molar-refractivity contribution in [3.8, 4) is 0 Å². The number of nitrogens with zero attached hydrogens (tertiary/aromatic N) is 1. The standard InChI is InChI=1S/C39H58N8O8/c1-20(2)15-27-35(51)43-28(16-21(3)4)36(52)46-32(22(5)6)38(54)45-30(19-48)39(55)47-14-10-13-31(47)37(53)44-29(34(50)41-23(7)33(49)42-27)17-24-18-40-26-12-9-8-11-25(24)26/h8-9,11-12,18,20-23,27-32,40,48H,10,13-17,19H2,1-7H3,(H,41,50)(H,42,49)(H,43,51)(H,44,53)(H,45,54)(H,46,52)/t23-,27-,28-,29+,30-,31-,32-/m0/s1. The third kappa shape index (κ3) is 11.0. The van der Waals surface area contributed by atoms with Crippen LogP contribution in [0.2, 0.25) is 0 Å². The van der Waals surface area contributed by atoms with Gasteiger partial charge in [-0.15, -0.1) is 0 Å². The highest BCUT2D eigenvalue weighted by molar-refractivity contribution is 5.99. The molecule has 0 saturated carbocycles. The molecule has 2 fully saturated rings. The summed E-state index contributed by atoms with van der Waals surface area (Å²) >= 11 is 0. The fourth-order valence-corrected chi connectivity index (χ4v) is 7.09. The van der Waals surface area contributed by atoms with Crippen LogP contribution in [0, 0.1) is 17.8 Å². The third-order valence-corrected chi connectivity index (χ3v) is 10.0. The molecular weight excluding hydrogens is 708 g/mol. The summed E-state index contributed by atoms with van der Waals surface area (Å²) in [5, 5.41) is 27.4. The highest BCUT2D eigenvalue weighted by Gasteiger charge is 2.40. The molecule has 2 aromatic rings. The molecule has 4 rings (SSSR count). The number of carbonyl (C=O) groups excluding carboxylic acids is 7. The zero-order chi connectivity index (χ0) is 40.6. The SMILES string of the molecule is CC(C)C[C@@H]1NC(=O)[C@H](C)NC(=O)[C@@H](Cc2c[nH]c3ccccc23)NC(=O)[C@@H]2CCCN2C(=O)[C@H](CO)NC(=O)[C@H](C(C)C)NC(=O)[C@H](CC(C)C)NC1=O. The normalized spacial score (nSPS) is 26.9. The van der Waals surface area contributed by atoms with Gasteiger partial charge >= 0.3 is 0 Å². The number of hydrogen-bond acceptors (Lipinski definition) is 8. The average molecular weight is 767 g/mol. The third-order valence-electron chi connectivity index (χ3n) is 10.0. The van der Waals surface area contributed by atoms with E-state index >= 15 is 0 Å². The minimum Gasteiger partial charge on any atom is -0.394 e. The molecule has 0 radical (unpaired) electrons. The van der Waals surface area contributed by atoms with E-state index in [4.69, 9.17) is 0 Å². The molecule has 2 saturated heterocycles. The van der Waals surface area contributed by atoms with E-state index in [-0.39, 0.29) is 44.1 Å². The number of benzene rings is 1. The van der Waals surface area contributed by atoms with Crippen LogP contribution in [-0.4, -0.2) is 112 Å². The fourth-order valence-electron chi connectivity index (χ4n) is 7.09. The van der Waals surface area contributed by atoms with E-state index in [0.29, 0.717) is 6.42 Å². The second-order valence-electron chi connectivity index (χ2n) is 15.9. The molecule has 0 bridgehead atoms. The van der Waals surface area contributed by atoms with Crippen molar-refractivity contribution in [1.29, 1.82) is 0 Å². The molecule has 1 aromatic carbocycles. The van der Waals surface area contributed by atoms with Crippen LogP contribution in [0.25, 0.3) is 10.9 Å². The average Bonchev–Trinajstić information content (AvgIpc) is 3.78. The van der Waals surface area contributed by atoms with Gasteiger partial charge in [0.2, 0.25) is 41.4 Å². The highest BCUT2D eigenvalue weighted by atomic mass is 16.3. The molecule has 16 nitrogen and oxygen atoms in total. The summed E-state index contributed by atoms with van der Waals surface area (Å²) in [5.41, 5.74) is 1.56. The summed E-state index contributed by atoms with van der Waals surface area (Å²) in [7, 11) is 0. The van der Waals surface area contributed by atoms with Gasteiger partial charge in [-0.1, -0.05) is 59.7 Å². The number of H-pyrrole nitrogens is 1. The number of carbonyl (C=O) groups is 7. The quantitative estimate of drug-likeness (QED) is 0.187. The van der Waals surface area contributed by atoms with Crippen molar-refractivity contribution in [3.63, 3.8) is 0 Å². The van der Waals surface area contributed by atoms with Gasteiger partial charge < -0.3 is 46.9 Å². The van der Waals surface area contributed by atoms with Crippen molar-refractivity contribution in [3.05, 3.63) is 36.0 Å². The lowest BCUT2D eigenvalue weighted by Gasteiger charge is -2.31. The minimum absolute atomic E-state index is 0.0408. The molecule has 7 atom stereocenters. The van der Waals surface area contributed by atoms with Crippen LogP contribution in [0.4, 0.5) is 0 Å². The lowest BCUT2D eigenvalue weighted by atomic mass is 9.98. The second-order valence-corrected chi connectivity index (χ2v) is 15.9. The van der Waals surface area contributed by atoms with E-state index in [1.165, 1.54) is 11.8 Å². The topological polar surface area (TPSA) is 231 Å². The highest BCUT2D eigenvalue weighted by Crippen LogP contribution is 2.22. The van der Waals surface area contributed by atoms with Gasteiger partial charge in [-0.25, -0.2) is 0 Å². The summed E-state index contributed by atoms with van der Waals surface area (Å²) in [6.07, 6.45) is 2.94. The van der Waals surface area contributed by atoms with Crippen LogP contribution in [0.15, 0.2) is 30.5 Å². The van der Waals surface area contributed by atoms with Gasteiger partial charge in [0.25, 0.3) is 0 Å². The first kappa shape index (κ1) is 42.7. The maximum absolute atomic E-state index is 14.0. The molecule has 0 unspecified atom stereocenters. The summed E-state index contributed by atoms with van der Waals surface area (Å²) in [6.45, 7) is 11.8. The van der Waals surface area contributed by atoms with Crippen molar-refractivity contribution in [2.45, 2.75) is 123 Å². The first-order valence-corrected chi connectivity index (χ1v) is 19.3. The van der Waals surface area contributed by atoms with Crippen molar-refractivity contribution in [2.75, 3.05) is 13.2 Å². The number of aromatic nitrogens is 1. The van der Waals surface area contributed by atoms with E-state index in [2.05, 4.69) is 36.9 Å². The van der Waals surface area contributed by atoms with E-state index in [9.17, 15) is 38.7 Å². The van der Waals surface area contributed by atoms with Gasteiger partial charge in [-0.05, 0) is 62.0 Å². The van der Waals surface area contributed by atoms with E-state index in [1.807, 2.05) is 52.0 Å². The minimum atomic E-state index is -1.43. The van der Waals surface area contributed by atoms with Crippen LogP contribution >= 0.6 is 0 Å². The molecule has 3 heterocycles. The van der Waals surface area contributed by atoms with Gasteiger partial charge in [0, 0.05) is 30.1 Å². The number of amides is 7. The first-order valence-electron chi connectivity index (χ1n) is 19.3. The number of fused-ring (bicyclic) bond motifs is 2. The number of rotatable bonds is 8. The van der Waals surface area contributed by atoms with E-state index in [0.717, 1.165) is 16.5 Å². The van der Waals surface area contributed by atoms with Gasteiger partial charge in [0.05, 0.1) is 6.61 Å². The molecule has 0 aliphatic carbocycles. The Morgan fingerprint density at radius 2 is 1.25 bits per heavy atom. The molecule has 16 heteroatoms. The molecule has 7 amide bonds. The van der Waals surface area contributed by atoms with Gasteiger partial charge in [0.15, 0.2) is 0 Å². The van der Waals surface area contributed by atoms with Crippen molar-refractivity contribution >= 4 is 52.3 Å². The number of aliphatic hydroxyl groups excluding tert-OH is 1. The van der Waals surface area contributed by atoms with Crippen molar-refractivity contribution < 1.29 is 38.7 Å². The fraction of sp³-hybridized carbons (Fsp3) is 0.615. The summed E-state index contributed by atoms with van der Waals surface area (Å²) in [4.78, 5) is 101. The van der Waals surface area contributed by atoms with Gasteiger partial charge in [0.1, 0.15) is 42.3 Å².